The maximum absolute atomic E-state index is 13.0. The Kier molecular flexibility index (Phi) is 9.00. The maximum atomic E-state index is 13.0. The zero-order chi connectivity index (χ0) is 21.1. The zero-order valence-corrected chi connectivity index (χ0v) is 16.7. The van der Waals surface area contributed by atoms with Crippen molar-refractivity contribution in [2.24, 2.45) is 0 Å². The van der Waals surface area contributed by atoms with E-state index >= 15 is 0 Å². The Labute approximate surface area is 171 Å². The Hall–Kier alpha value is -3.04. The van der Waals surface area contributed by atoms with E-state index in [1.54, 1.807) is 25.3 Å². The van der Waals surface area contributed by atoms with Gasteiger partial charge in [0.15, 0.2) is 11.5 Å². The second kappa shape index (κ2) is 11.7. The van der Waals surface area contributed by atoms with Gasteiger partial charge in [0.2, 0.25) is 5.91 Å². The molecule has 2 rings (SSSR count). The number of hydrogen-bond donors (Lipinski definition) is 1. The molecule has 0 aliphatic heterocycles. The van der Waals surface area contributed by atoms with E-state index in [1.165, 1.54) is 19.2 Å². The molecular formula is C23H26FNO4. The number of amides is 1. The Bertz CT molecular complexity index is 830. The molecule has 1 unspecified atom stereocenters. The molecule has 0 heterocycles. The van der Waals surface area contributed by atoms with Gasteiger partial charge in [0, 0.05) is 13.7 Å². The first-order chi connectivity index (χ1) is 14.1. The summed E-state index contributed by atoms with van der Waals surface area (Å²) in [5.41, 5.74) is 1.95. The zero-order valence-electron chi connectivity index (χ0n) is 16.7. The number of nitrogens with one attached hydrogen (secondary N) is 1. The van der Waals surface area contributed by atoms with Crippen LogP contribution in [0.25, 0.3) is 0 Å². The van der Waals surface area contributed by atoms with Gasteiger partial charge in [-0.1, -0.05) is 24.1 Å². The van der Waals surface area contributed by atoms with E-state index in [0.29, 0.717) is 37.3 Å². The van der Waals surface area contributed by atoms with Crippen molar-refractivity contribution in [1.29, 1.82) is 0 Å². The molecule has 1 N–H and O–H groups in total. The quantitative estimate of drug-likeness (QED) is 0.590. The van der Waals surface area contributed by atoms with Crippen molar-refractivity contribution in [2.75, 3.05) is 27.4 Å². The molecule has 1 atom stereocenters. The molecule has 0 fully saturated rings. The predicted molar refractivity (Wildman–Crippen MR) is 110 cm³/mol. The predicted octanol–water partition coefficient (Wildman–Crippen LogP) is 3.15. The number of rotatable bonds is 11. The van der Waals surface area contributed by atoms with Crippen LogP contribution in [-0.2, 0) is 22.4 Å². The van der Waals surface area contributed by atoms with E-state index in [2.05, 4.69) is 11.2 Å². The highest BCUT2D eigenvalue weighted by molar-refractivity contribution is 5.80. The van der Waals surface area contributed by atoms with Gasteiger partial charge in [-0.05, 0) is 54.7 Å². The average molecular weight is 399 g/mol. The van der Waals surface area contributed by atoms with Gasteiger partial charge in [0.25, 0.3) is 0 Å². The molecule has 0 saturated heterocycles. The van der Waals surface area contributed by atoms with Gasteiger partial charge >= 0.3 is 0 Å². The van der Waals surface area contributed by atoms with Crippen LogP contribution >= 0.6 is 0 Å². The fourth-order valence-electron chi connectivity index (χ4n) is 2.85. The molecule has 0 aliphatic carbocycles. The standard InChI is InChI=1S/C23H26FNO4/c1-4-15-29-20-11-8-18(16-22(20)28-3)13-14-25-23(26)21(27-2)12-7-17-5-9-19(24)10-6-17/h1,5-6,8-11,16,21H,7,12-15H2,2-3H3,(H,25,26). The van der Waals surface area contributed by atoms with Crippen molar-refractivity contribution < 1.29 is 23.4 Å². The van der Waals surface area contributed by atoms with Crippen LogP contribution < -0.4 is 14.8 Å². The summed E-state index contributed by atoms with van der Waals surface area (Å²) in [6.45, 7) is 0.630. The van der Waals surface area contributed by atoms with Crippen LogP contribution in [0, 0.1) is 18.2 Å². The number of ether oxygens (including phenoxy) is 3. The smallest absolute Gasteiger partial charge is 0.249 e. The highest BCUT2D eigenvalue weighted by Gasteiger charge is 2.17. The van der Waals surface area contributed by atoms with Gasteiger partial charge in [-0.3, -0.25) is 4.79 Å². The fraction of sp³-hybridized carbons (Fsp3) is 0.348. The lowest BCUT2D eigenvalue weighted by Crippen LogP contribution is -2.37. The Morgan fingerprint density at radius 3 is 2.48 bits per heavy atom. The van der Waals surface area contributed by atoms with Crippen LogP contribution in [-0.4, -0.2) is 39.4 Å². The SMILES string of the molecule is C#CCOc1ccc(CCNC(=O)C(CCc2ccc(F)cc2)OC)cc1OC. The van der Waals surface area contributed by atoms with Crippen LogP contribution in [0.1, 0.15) is 17.5 Å². The van der Waals surface area contributed by atoms with Crippen molar-refractivity contribution in [2.45, 2.75) is 25.4 Å². The Balaban J connectivity index is 1.82. The van der Waals surface area contributed by atoms with Gasteiger partial charge in [-0.25, -0.2) is 4.39 Å². The number of aryl methyl sites for hydroxylation is 1. The lowest BCUT2D eigenvalue weighted by molar-refractivity contribution is -0.131. The highest BCUT2D eigenvalue weighted by Crippen LogP contribution is 2.28. The van der Waals surface area contributed by atoms with Crippen LogP contribution in [0.15, 0.2) is 42.5 Å². The molecule has 6 heteroatoms. The Morgan fingerprint density at radius 1 is 1.10 bits per heavy atom. The molecule has 5 nitrogen and oxygen atoms in total. The second-order valence-electron chi connectivity index (χ2n) is 6.41. The summed E-state index contributed by atoms with van der Waals surface area (Å²) in [4.78, 5) is 12.4. The topological polar surface area (TPSA) is 56.8 Å². The minimum atomic E-state index is -0.561. The molecule has 0 aromatic heterocycles. The molecule has 2 aromatic rings. The minimum absolute atomic E-state index is 0.169. The number of benzene rings is 2. The summed E-state index contributed by atoms with van der Waals surface area (Å²) in [6.07, 6.45) is 6.42. The Morgan fingerprint density at radius 2 is 1.83 bits per heavy atom. The second-order valence-corrected chi connectivity index (χ2v) is 6.41. The molecule has 0 bridgehead atoms. The molecule has 1 amide bonds. The van der Waals surface area contributed by atoms with Crippen LogP contribution in [0.3, 0.4) is 0 Å². The van der Waals surface area contributed by atoms with Gasteiger partial charge in [0.1, 0.15) is 18.5 Å². The van der Waals surface area contributed by atoms with Gasteiger partial charge in [-0.15, -0.1) is 6.42 Å². The normalized spacial score (nSPS) is 11.4. The third-order valence-corrected chi connectivity index (χ3v) is 4.44. The number of carbonyl (C=O) groups excluding carboxylic acids is 1. The van der Waals surface area contributed by atoms with Crippen molar-refractivity contribution in [3.05, 3.63) is 59.4 Å². The maximum Gasteiger partial charge on any atom is 0.249 e. The van der Waals surface area contributed by atoms with E-state index in [-0.39, 0.29) is 18.3 Å². The van der Waals surface area contributed by atoms with Gasteiger partial charge in [0.05, 0.1) is 7.11 Å². The highest BCUT2D eigenvalue weighted by atomic mass is 19.1. The minimum Gasteiger partial charge on any atom is -0.493 e. The number of hydrogen-bond acceptors (Lipinski definition) is 4. The van der Waals surface area contributed by atoms with E-state index in [1.807, 2.05) is 12.1 Å². The molecule has 0 radical (unpaired) electrons. The number of terminal acetylenes is 1. The van der Waals surface area contributed by atoms with Crippen molar-refractivity contribution >= 4 is 5.91 Å². The molecule has 154 valence electrons. The first-order valence-electron chi connectivity index (χ1n) is 9.35. The van der Waals surface area contributed by atoms with E-state index in [0.717, 1.165) is 11.1 Å². The first-order valence-corrected chi connectivity index (χ1v) is 9.35. The largest absolute Gasteiger partial charge is 0.493 e. The number of halogens is 1. The molecule has 29 heavy (non-hydrogen) atoms. The molecular weight excluding hydrogens is 373 g/mol. The molecule has 0 spiro atoms. The summed E-state index contributed by atoms with van der Waals surface area (Å²) in [7, 11) is 3.07. The van der Waals surface area contributed by atoms with E-state index in [9.17, 15) is 9.18 Å². The molecule has 2 aromatic carbocycles. The first kappa shape index (κ1) is 22.3. The van der Waals surface area contributed by atoms with Crippen molar-refractivity contribution in [3.8, 4) is 23.8 Å². The number of methoxy groups -OCH3 is 2. The third kappa shape index (κ3) is 7.13. The number of carbonyl (C=O) groups is 1. The van der Waals surface area contributed by atoms with Crippen LogP contribution in [0.5, 0.6) is 11.5 Å². The van der Waals surface area contributed by atoms with Crippen LogP contribution in [0.2, 0.25) is 0 Å². The lowest BCUT2D eigenvalue weighted by atomic mass is 10.1. The summed E-state index contributed by atoms with van der Waals surface area (Å²) in [5, 5.41) is 2.89. The van der Waals surface area contributed by atoms with Crippen molar-refractivity contribution in [1.82, 2.24) is 5.32 Å². The lowest BCUT2D eigenvalue weighted by Gasteiger charge is -2.16. The van der Waals surface area contributed by atoms with Crippen LogP contribution in [0.4, 0.5) is 4.39 Å². The van der Waals surface area contributed by atoms with Gasteiger partial charge < -0.3 is 19.5 Å². The van der Waals surface area contributed by atoms with Gasteiger partial charge in [-0.2, -0.15) is 0 Å². The fourth-order valence-corrected chi connectivity index (χ4v) is 2.85. The van der Waals surface area contributed by atoms with E-state index in [4.69, 9.17) is 20.6 Å². The third-order valence-electron chi connectivity index (χ3n) is 4.44. The van der Waals surface area contributed by atoms with E-state index < -0.39 is 6.10 Å². The average Bonchev–Trinajstić information content (AvgIpc) is 2.74. The molecule has 0 aliphatic rings. The summed E-state index contributed by atoms with van der Waals surface area (Å²) in [6, 6.07) is 11.8. The van der Waals surface area contributed by atoms with Crippen molar-refractivity contribution in [3.63, 3.8) is 0 Å². The summed E-state index contributed by atoms with van der Waals surface area (Å²) < 4.78 is 29.0. The summed E-state index contributed by atoms with van der Waals surface area (Å²) in [5.74, 6) is 3.15. The molecule has 0 saturated carbocycles. The summed E-state index contributed by atoms with van der Waals surface area (Å²) >= 11 is 0. The monoisotopic (exact) mass is 399 g/mol.